The standard InChI is InChI=1S/C23H38N4O3S.C2HF3O2/c1-20(2)18-21-6-8-22(9-7-21)31(29,30)27(17-16-25-12-4-3-5-13-25)19-23(28)26-14-10-24-11-15-26;3-2(4,5)1(6)7/h6-9,20,24H,3-5,10-19H2,1-2H3;(H,6,7). The van der Waals surface area contributed by atoms with E-state index in [1.54, 1.807) is 17.0 Å². The molecule has 2 saturated heterocycles. The molecule has 0 radical (unpaired) electrons. The summed E-state index contributed by atoms with van der Waals surface area (Å²) in [6.45, 7) is 9.98. The Morgan fingerprint density at radius 1 is 1.03 bits per heavy atom. The number of piperidine rings is 1. The quantitative estimate of drug-likeness (QED) is 0.474. The minimum absolute atomic E-state index is 0.0933. The van der Waals surface area contributed by atoms with Crippen molar-refractivity contribution in [3.05, 3.63) is 29.8 Å². The molecule has 2 heterocycles. The third kappa shape index (κ3) is 10.5. The van der Waals surface area contributed by atoms with E-state index >= 15 is 0 Å². The molecule has 0 atom stereocenters. The van der Waals surface area contributed by atoms with Crippen LogP contribution in [0.1, 0.15) is 38.7 Å². The van der Waals surface area contributed by atoms with Crippen molar-refractivity contribution in [1.29, 1.82) is 0 Å². The van der Waals surface area contributed by atoms with Crippen molar-refractivity contribution in [2.75, 3.05) is 58.9 Å². The molecular formula is C25H39F3N4O5S. The molecule has 216 valence electrons. The summed E-state index contributed by atoms with van der Waals surface area (Å²) in [5.41, 5.74) is 1.13. The second-order valence-electron chi connectivity index (χ2n) is 9.92. The molecule has 2 fully saturated rings. The third-order valence-electron chi connectivity index (χ3n) is 6.34. The summed E-state index contributed by atoms with van der Waals surface area (Å²) in [5, 5.41) is 10.4. The van der Waals surface area contributed by atoms with Gasteiger partial charge in [0.05, 0.1) is 11.4 Å². The summed E-state index contributed by atoms with van der Waals surface area (Å²) >= 11 is 0. The van der Waals surface area contributed by atoms with Gasteiger partial charge in [-0.2, -0.15) is 17.5 Å². The predicted octanol–water partition coefficient (Wildman–Crippen LogP) is 2.43. The van der Waals surface area contributed by atoms with Crippen LogP contribution in [0.5, 0.6) is 0 Å². The fraction of sp³-hybridized carbons (Fsp3) is 0.680. The Morgan fingerprint density at radius 3 is 2.08 bits per heavy atom. The van der Waals surface area contributed by atoms with E-state index in [-0.39, 0.29) is 17.3 Å². The highest BCUT2D eigenvalue weighted by Gasteiger charge is 2.38. The number of halogens is 3. The number of carbonyl (C=O) groups excluding carboxylic acids is 1. The number of nitrogens with zero attached hydrogens (tertiary/aromatic N) is 3. The molecule has 9 nitrogen and oxygen atoms in total. The molecule has 1 aromatic rings. The Morgan fingerprint density at radius 2 is 1.58 bits per heavy atom. The van der Waals surface area contributed by atoms with E-state index in [2.05, 4.69) is 24.1 Å². The molecule has 0 aliphatic carbocycles. The van der Waals surface area contributed by atoms with E-state index in [0.29, 0.717) is 32.1 Å². The molecule has 0 aromatic heterocycles. The van der Waals surface area contributed by atoms with Crippen molar-refractivity contribution >= 4 is 21.9 Å². The smallest absolute Gasteiger partial charge is 0.475 e. The molecule has 2 N–H and O–H groups in total. The fourth-order valence-corrected chi connectivity index (χ4v) is 5.68. The largest absolute Gasteiger partial charge is 0.490 e. The van der Waals surface area contributed by atoms with Crippen LogP contribution in [0.3, 0.4) is 0 Å². The van der Waals surface area contributed by atoms with Crippen molar-refractivity contribution in [3.8, 4) is 0 Å². The molecule has 13 heteroatoms. The first-order valence-corrected chi connectivity index (χ1v) is 14.3. The Labute approximate surface area is 223 Å². The number of hydrogen-bond donors (Lipinski definition) is 2. The second-order valence-corrected chi connectivity index (χ2v) is 11.9. The van der Waals surface area contributed by atoms with Crippen molar-refractivity contribution in [3.63, 3.8) is 0 Å². The fourth-order valence-electron chi connectivity index (χ4n) is 4.30. The highest BCUT2D eigenvalue weighted by atomic mass is 32.2. The molecule has 2 aliphatic heterocycles. The zero-order valence-corrected chi connectivity index (χ0v) is 22.9. The van der Waals surface area contributed by atoms with Crippen LogP contribution in [0, 0.1) is 5.92 Å². The molecule has 2 aliphatic rings. The lowest BCUT2D eigenvalue weighted by Gasteiger charge is -2.32. The van der Waals surface area contributed by atoms with Gasteiger partial charge in [0.15, 0.2) is 0 Å². The van der Waals surface area contributed by atoms with Crippen molar-refractivity contribution < 1.29 is 36.3 Å². The number of amides is 1. The van der Waals surface area contributed by atoms with Crippen molar-refractivity contribution in [2.24, 2.45) is 5.92 Å². The average molecular weight is 565 g/mol. The van der Waals surface area contributed by atoms with Crippen LogP contribution >= 0.6 is 0 Å². The van der Waals surface area contributed by atoms with Crippen LogP contribution in [0.25, 0.3) is 0 Å². The number of carboxylic acid groups (broad SMARTS) is 1. The topological polar surface area (TPSA) is 110 Å². The molecule has 3 rings (SSSR count). The molecule has 0 bridgehead atoms. The SMILES string of the molecule is CC(C)Cc1ccc(S(=O)(=O)N(CCN2CCCCC2)CC(=O)N2CCNCC2)cc1.O=C(O)C(F)(F)F. The molecule has 1 aromatic carbocycles. The Hall–Kier alpha value is -2.22. The maximum atomic E-state index is 13.5. The zero-order valence-electron chi connectivity index (χ0n) is 22.0. The monoisotopic (exact) mass is 564 g/mol. The number of aliphatic carboxylic acids is 1. The predicted molar refractivity (Wildman–Crippen MR) is 137 cm³/mol. The highest BCUT2D eigenvalue weighted by molar-refractivity contribution is 7.89. The van der Waals surface area contributed by atoms with E-state index in [9.17, 15) is 26.4 Å². The van der Waals surface area contributed by atoms with Gasteiger partial charge in [0.1, 0.15) is 0 Å². The summed E-state index contributed by atoms with van der Waals surface area (Å²) in [7, 11) is -3.74. The number of rotatable bonds is 9. The van der Waals surface area contributed by atoms with Gasteiger partial charge in [-0.15, -0.1) is 0 Å². The van der Waals surface area contributed by atoms with Crippen LogP contribution < -0.4 is 5.32 Å². The Balaban J connectivity index is 0.000000638. The molecule has 0 saturated carbocycles. The van der Waals surface area contributed by atoms with E-state index in [0.717, 1.165) is 51.0 Å². The number of benzene rings is 1. The number of sulfonamides is 1. The van der Waals surface area contributed by atoms with Gasteiger partial charge in [-0.25, -0.2) is 13.2 Å². The number of likely N-dealkylation sites (tertiary alicyclic amines) is 1. The van der Waals surface area contributed by atoms with Crippen LogP contribution in [0.15, 0.2) is 29.2 Å². The number of hydrogen-bond acceptors (Lipinski definition) is 6. The minimum Gasteiger partial charge on any atom is -0.475 e. The maximum Gasteiger partial charge on any atom is 0.490 e. The van der Waals surface area contributed by atoms with Gasteiger partial charge in [-0.05, 0) is 56.0 Å². The lowest BCUT2D eigenvalue weighted by atomic mass is 10.0. The Kier molecular flexibility index (Phi) is 12.5. The lowest BCUT2D eigenvalue weighted by Crippen LogP contribution is -2.51. The summed E-state index contributed by atoms with van der Waals surface area (Å²) in [4.78, 5) is 26.1. The van der Waals surface area contributed by atoms with Gasteiger partial charge in [-0.3, -0.25) is 4.79 Å². The molecule has 0 spiro atoms. The van der Waals surface area contributed by atoms with Gasteiger partial charge in [0, 0.05) is 39.3 Å². The van der Waals surface area contributed by atoms with Gasteiger partial charge < -0.3 is 20.2 Å². The van der Waals surface area contributed by atoms with Gasteiger partial charge >= 0.3 is 12.1 Å². The first kappa shape index (κ1) is 32.0. The van der Waals surface area contributed by atoms with Gasteiger partial charge in [0.25, 0.3) is 0 Å². The summed E-state index contributed by atoms with van der Waals surface area (Å²) in [6.07, 6.45) is -0.614. The van der Waals surface area contributed by atoms with Crippen molar-refractivity contribution in [2.45, 2.75) is 50.6 Å². The molecular weight excluding hydrogens is 525 g/mol. The van der Waals surface area contributed by atoms with Gasteiger partial charge in [0.2, 0.25) is 15.9 Å². The maximum absolute atomic E-state index is 13.5. The Bertz CT molecular complexity index is 991. The first-order chi connectivity index (χ1) is 17.8. The zero-order chi connectivity index (χ0) is 28.3. The number of nitrogens with one attached hydrogen (secondary N) is 1. The summed E-state index contributed by atoms with van der Waals surface area (Å²) < 4.78 is 60.1. The van der Waals surface area contributed by atoms with E-state index < -0.39 is 22.2 Å². The van der Waals surface area contributed by atoms with E-state index in [1.165, 1.54) is 10.7 Å². The normalized spacial score (nSPS) is 17.3. The van der Waals surface area contributed by atoms with Crippen LogP contribution in [-0.4, -0.2) is 105 Å². The van der Waals surface area contributed by atoms with E-state index in [1.807, 2.05) is 12.1 Å². The minimum atomic E-state index is -5.08. The van der Waals surface area contributed by atoms with Crippen LogP contribution in [0.4, 0.5) is 13.2 Å². The van der Waals surface area contributed by atoms with Gasteiger partial charge in [-0.1, -0.05) is 32.4 Å². The number of piperazine rings is 1. The molecule has 38 heavy (non-hydrogen) atoms. The van der Waals surface area contributed by atoms with E-state index in [4.69, 9.17) is 9.90 Å². The second kappa shape index (κ2) is 14.8. The summed E-state index contributed by atoms with van der Waals surface area (Å²) in [6, 6.07) is 7.17. The average Bonchev–Trinajstić information content (AvgIpc) is 2.87. The van der Waals surface area contributed by atoms with Crippen LogP contribution in [0.2, 0.25) is 0 Å². The lowest BCUT2D eigenvalue weighted by molar-refractivity contribution is -0.192. The van der Waals surface area contributed by atoms with Crippen LogP contribution in [-0.2, 0) is 26.0 Å². The number of alkyl halides is 3. The first-order valence-electron chi connectivity index (χ1n) is 12.9. The highest BCUT2D eigenvalue weighted by Crippen LogP contribution is 2.19. The molecule has 0 unspecified atom stereocenters. The number of carboxylic acids is 1. The van der Waals surface area contributed by atoms with Crippen molar-refractivity contribution in [1.82, 2.24) is 19.4 Å². The third-order valence-corrected chi connectivity index (χ3v) is 8.20. The summed E-state index contributed by atoms with van der Waals surface area (Å²) in [5.74, 6) is -2.35. The molecule has 1 amide bonds. The number of carbonyl (C=O) groups is 2.